The smallest absolute Gasteiger partial charge is 0.227 e. The van der Waals surface area contributed by atoms with Gasteiger partial charge in [0.15, 0.2) is 0 Å². The van der Waals surface area contributed by atoms with Crippen LogP contribution in [-0.2, 0) is 19.6 Å². The Kier molecular flexibility index (Phi) is 5.04. The fraction of sp³-hybridized carbons (Fsp3) is 0.923. The van der Waals surface area contributed by atoms with E-state index in [1.807, 2.05) is 4.90 Å². The average Bonchev–Trinajstić information content (AvgIpc) is 3.09. The molecule has 0 aromatic rings. The molecule has 20 heavy (non-hydrogen) atoms. The van der Waals surface area contributed by atoms with Crippen molar-refractivity contribution >= 4 is 15.9 Å². The maximum atomic E-state index is 12.3. The Balaban J connectivity index is 1.96. The van der Waals surface area contributed by atoms with Gasteiger partial charge in [-0.3, -0.25) is 4.79 Å². The molecular weight excluding hydrogens is 280 g/mol. The normalized spacial score (nSPS) is 26.1. The summed E-state index contributed by atoms with van der Waals surface area (Å²) in [7, 11) is -1.86. The van der Waals surface area contributed by atoms with E-state index >= 15 is 0 Å². The zero-order valence-corrected chi connectivity index (χ0v) is 13.1. The highest BCUT2D eigenvalue weighted by atomic mass is 32.2. The number of nitrogens with zero attached hydrogens (tertiary/aromatic N) is 2. The predicted octanol–water partition coefficient (Wildman–Crippen LogP) is 0.295. The lowest BCUT2D eigenvalue weighted by Crippen LogP contribution is -2.40. The Morgan fingerprint density at radius 3 is 2.55 bits per heavy atom. The van der Waals surface area contributed by atoms with E-state index in [0.29, 0.717) is 19.5 Å². The third kappa shape index (κ3) is 3.15. The van der Waals surface area contributed by atoms with E-state index in [9.17, 15) is 13.2 Å². The van der Waals surface area contributed by atoms with Gasteiger partial charge in [-0.1, -0.05) is 0 Å². The number of carbonyl (C=O) groups is 1. The summed E-state index contributed by atoms with van der Waals surface area (Å²) in [6.07, 6.45) is 2.75. The quantitative estimate of drug-likeness (QED) is 0.732. The second kappa shape index (κ2) is 6.41. The fourth-order valence-corrected chi connectivity index (χ4v) is 4.50. The number of hydrogen-bond donors (Lipinski definition) is 0. The summed E-state index contributed by atoms with van der Waals surface area (Å²) in [6.45, 7) is 4.24. The standard InChI is InChI=1S/C13H24N2O4S/c1-11(10-19-2)20(17,18)15-8-5-12(9-15)13(16)14-6-3-4-7-14/h11-12H,3-10H2,1-2H3. The molecule has 1 amide bonds. The number of carbonyl (C=O) groups excluding carboxylic acids is 1. The van der Waals surface area contributed by atoms with Crippen LogP contribution in [0.4, 0.5) is 0 Å². The summed E-state index contributed by atoms with van der Waals surface area (Å²) in [5.41, 5.74) is 0. The summed E-state index contributed by atoms with van der Waals surface area (Å²) in [4.78, 5) is 14.2. The Labute approximate surface area is 121 Å². The monoisotopic (exact) mass is 304 g/mol. The van der Waals surface area contributed by atoms with E-state index in [4.69, 9.17) is 4.74 Å². The second-order valence-electron chi connectivity index (χ2n) is 5.69. The Hall–Kier alpha value is -0.660. The van der Waals surface area contributed by atoms with E-state index in [1.54, 1.807) is 6.92 Å². The van der Waals surface area contributed by atoms with Crippen LogP contribution in [-0.4, -0.2) is 68.7 Å². The largest absolute Gasteiger partial charge is 0.383 e. The molecule has 7 heteroatoms. The van der Waals surface area contributed by atoms with E-state index in [-0.39, 0.29) is 18.4 Å². The lowest BCUT2D eigenvalue weighted by atomic mass is 10.1. The number of hydrogen-bond acceptors (Lipinski definition) is 4. The van der Waals surface area contributed by atoms with Crippen molar-refractivity contribution in [3.63, 3.8) is 0 Å². The fourth-order valence-electron chi connectivity index (χ4n) is 2.93. The molecule has 116 valence electrons. The van der Waals surface area contributed by atoms with Crippen molar-refractivity contribution in [3.8, 4) is 0 Å². The minimum atomic E-state index is -3.35. The van der Waals surface area contributed by atoms with E-state index in [0.717, 1.165) is 25.9 Å². The molecule has 6 nitrogen and oxygen atoms in total. The van der Waals surface area contributed by atoms with Crippen LogP contribution in [0.15, 0.2) is 0 Å². The van der Waals surface area contributed by atoms with Crippen LogP contribution < -0.4 is 0 Å². The van der Waals surface area contributed by atoms with Gasteiger partial charge in [-0.25, -0.2) is 12.7 Å². The third-order valence-corrected chi connectivity index (χ3v) is 6.39. The number of rotatable bonds is 5. The van der Waals surface area contributed by atoms with Gasteiger partial charge >= 0.3 is 0 Å². The molecule has 0 aliphatic carbocycles. The van der Waals surface area contributed by atoms with Gasteiger partial charge in [0, 0.05) is 33.3 Å². The molecule has 0 saturated carbocycles. The van der Waals surface area contributed by atoms with Crippen molar-refractivity contribution in [2.45, 2.75) is 31.4 Å². The Morgan fingerprint density at radius 2 is 1.95 bits per heavy atom. The topological polar surface area (TPSA) is 66.9 Å². The predicted molar refractivity (Wildman–Crippen MR) is 75.8 cm³/mol. The molecular formula is C13H24N2O4S. The molecule has 2 atom stereocenters. The Morgan fingerprint density at radius 1 is 1.30 bits per heavy atom. The van der Waals surface area contributed by atoms with Gasteiger partial charge in [0.05, 0.1) is 17.8 Å². The van der Waals surface area contributed by atoms with Gasteiger partial charge in [0.2, 0.25) is 15.9 Å². The molecule has 2 aliphatic heterocycles. The lowest BCUT2D eigenvalue weighted by Gasteiger charge is -2.22. The van der Waals surface area contributed by atoms with Gasteiger partial charge in [0.1, 0.15) is 0 Å². The summed E-state index contributed by atoms with van der Waals surface area (Å²) >= 11 is 0. The number of ether oxygens (including phenoxy) is 1. The van der Waals surface area contributed by atoms with E-state index < -0.39 is 15.3 Å². The minimum Gasteiger partial charge on any atom is -0.383 e. The first kappa shape index (κ1) is 15.7. The molecule has 0 bridgehead atoms. The van der Waals surface area contributed by atoms with Gasteiger partial charge in [-0.05, 0) is 26.2 Å². The van der Waals surface area contributed by atoms with Gasteiger partial charge in [-0.15, -0.1) is 0 Å². The zero-order valence-electron chi connectivity index (χ0n) is 12.2. The van der Waals surface area contributed by atoms with Crippen LogP contribution in [0.1, 0.15) is 26.2 Å². The first-order valence-corrected chi connectivity index (χ1v) is 8.74. The highest BCUT2D eigenvalue weighted by molar-refractivity contribution is 7.89. The molecule has 2 heterocycles. The molecule has 0 aromatic carbocycles. The number of likely N-dealkylation sites (tertiary alicyclic amines) is 1. The lowest BCUT2D eigenvalue weighted by molar-refractivity contribution is -0.133. The Bertz CT molecular complexity index is 445. The second-order valence-corrected chi connectivity index (χ2v) is 8.04. The van der Waals surface area contributed by atoms with Crippen LogP contribution in [0, 0.1) is 5.92 Å². The molecule has 2 rings (SSSR count). The molecule has 0 N–H and O–H groups in total. The molecule has 2 aliphatic rings. The minimum absolute atomic E-state index is 0.125. The van der Waals surface area contributed by atoms with Crippen molar-refractivity contribution in [2.75, 3.05) is 39.9 Å². The van der Waals surface area contributed by atoms with E-state index in [1.165, 1.54) is 11.4 Å². The van der Waals surface area contributed by atoms with Crippen molar-refractivity contribution in [1.29, 1.82) is 0 Å². The maximum Gasteiger partial charge on any atom is 0.227 e. The number of amides is 1. The maximum absolute atomic E-state index is 12.3. The van der Waals surface area contributed by atoms with Crippen molar-refractivity contribution in [2.24, 2.45) is 5.92 Å². The van der Waals surface area contributed by atoms with Crippen LogP contribution in [0.2, 0.25) is 0 Å². The molecule has 0 spiro atoms. The SMILES string of the molecule is COCC(C)S(=O)(=O)N1CCC(C(=O)N2CCCC2)C1. The van der Waals surface area contributed by atoms with Gasteiger partial charge in [-0.2, -0.15) is 0 Å². The molecule has 2 saturated heterocycles. The highest BCUT2D eigenvalue weighted by Crippen LogP contribution is 2.25. The van der Waals surface area contributed by atoms with Crippen LogP contribution in [0.5, 0.6) is 0 Å². The summed E-state index contributed by atoms with van der Waals surface area (Å²) in [5.74, 6) is -0.0442. The van der Waals surface area contributed by atoms with Crippen LogP contribution in [0.3, 0.4) is 0 Å². The summed E-state index contributed by atoms with van der Waals surface area (Å²) in [5, 5.41) is -0.562. The summed E-state index contributed by atoms with van der Waals surface area (Å²) < 4.78 is 31.0. The van der Waals surface area contributed by atoms with Gasteiger partial charge < -0.3 is 9.64 Å². The first-order chi connectivity index (χ1) is 9.46. The van der Waals surface area contributed by atoms with E-state index in [2.05, 4.69) is 0 Å². The summed E-state index contributed by atoms with van der Waals surface area (Å²) in [6, 6.07) is 0. The van der Waals surface area contributed by atoms with Crippen molar-refractivity contribution in [1.82, 2.24) is 9.21 Å². The zero-order chi connectivity index (χ0) is 14.8. The molecule has 0 aromatic heterocycles. The molecule has 0 radical (unpaired) electrons. The highest BCUT2D eigenvalue weighted by Gasteiger charge is 2.39. The van der Waals surface area contributed by atoms with Gasteiger partial charge in [0.25, 0.3) is 0 Å². The first-order valence-electron chi connectivity index (χ1n) is 7.23. The number of methoxy groups -OCH3 is 1. The van der Waals surface area contributed by atoms with Crippen LogP contribution >= 0.6 is 0 Å². The van der Waals surface area contributed by atoms with Crippen LogP contribution in [0.25, 0.3) is 0 Å². The average molecular weight is 304 g/mol. The van der Waals surface area contributed by atoms with Crippen molar-refractivity contribution < 1.29 is 17.9 Å². The third-order valence-electron chi connectivity index (χ3n) is 4.19. The molecule has 2 unspecified atom stereocenters. The van der Waals surface area contributed by atoms with Crippen molar-refractivity contribution in [3.05, 3.63) is 0 Å². The number of sulfonamides is 1. The molecule has 2 fully saturated rings.